The number of non-ortho nitro benzene ring substituents is 1. The summed E-state index contributed by atoms with van der Waals surface area (Å²) >= 11 is 8.08. The van der Waals surface area contributed by atoms with Crippen LogP contribution < -0.4 is 14.8 Å². The van der Waals surface area contributed by atoms with Crippen molar-refractivity contribution in [1.82, 2.24) is 0 Å². The Balaban J connectivity index is 1.81. The Morgan fingerprint density at radius 3 is 2.57 bits per heavy atom. The summed E-state index contributed by atoms with van der Waals surface area (Å²) in [6.07, 6.45) is 1.46. The van der Waals surface area contributed by atoms with Gasteiger partial charge in [0.15, 0.2) is 11.5 Å². The molecule has 0 aliphatic rings. The molecule has 8 nitrogen and oxygen atoms in total. The molecule has 0 unspecified atom stereocenters. The van der Waals surface area contributed by atoms with Crippen LogP contribution in [0.4, 0.5) is 11.4 Å². The molecule has 3 aromatic carbocycles. The first-order valence-corrected chi connectivity index (χ1v) is 11.6. The molecule has 10 heteroatoms. The Morgan fingerprint density at radius 2 is 1.94 bits per heavy atom. The van der Waals surface area contributed by atoms with Gasteiger partial charge in [-0.1, -0.05) is 17.7 Å². The third-order valence-corrected chi connectivity index (χ3v) is 5.94. The molecule has 1 amide bonds. The van der Waals surface area contributed by atoms with Gasteiger partial charge in [-0.05, 0) is 88.7 Å². The minimum Gasteiger partial charge on any atom is -0.493 e. The second-order valence-electron chi connectivity index (χ2n) is 7.33. The first-order chi connectivity index (χ1) is 16.7. The highest BCUT2D eigenvalue weighted by atomic mass is 127. The summed E-state index contributed by atoms with van der Waals surface area (Å²) in [4.78, 5) is 23.0. The van der Waals surface area contributed by atoms with Crippen LogP contribution in [0.3, 0.4) is 0 Å². The number of ether oxygens (including phenoxy) is 2. The van der Waals surface area contributed by atoms with Gasteiger partial charge in [-0.2, -0.15) is 5.26 Å². The smallest absolute Gasteiger partial charge is 0.269 e. The molecule has 0 radical (unpaired) electrons. The summed E-state index contributed by atoms with van der Waals surface area (Å²) in [5.74, 6) is 0.319. The lowest BCUT2D eigenvalue weighted by Crippen LogP contribution is -2.14. The molecule has 0 spiro atoms. The summed E-state index contributed by atoms with van der Waals surface area (Å²) in [7, 11) is 1.48. The standard InChI is InChI=1S/C25H19ClIN3O5/c1-15-3-6-19(26)12-22(15)29-25(31)18(13-28)9-17-10-21(27)24(23(11-17)34-2)35-14-16-4-7-20(8-5-16)30(32)33/h3-12H,14H2,1-2H3,(H,29,31)/b18-9+. The van der Waals surface area contributed by atoms with Crippen molar-refractivity contribution in [2.75, 3.05) is 12.4 Å². The van der Waals surface area contributed by atoms with E-state index in [1.807, 2.05) is 13.0 Å². The third-order valence-electron chi connectivity index (χ3n) is 4.91. The quantitative estimate of drug-likeness (QED) is 0.106. The maximum atomic E-state index is 12.7. The fraction of sp³-hybridized carbons (Fsp3) is 0.120. The lowest BCUT2D eigenvalue weighted by Gasteiger charge is -2.14. The first kappa shape index (κ1) is 26.0. The highest BCUT2D eigenvalue weighted by Gasteiger charge is 2.15. The molecule has 0 saturated carbocycles. The number of hydrogen-bond donors (Lipinski definition) is 1. The molecule has 0 aromatic heterocycles. The van der Waals surface area contributed by atoms with Gasteiger partial charge < -0.3 is 14.8 Å². The number of benzene rings is 3. The normalized spacial score (nSPS) is 10.9. The zero-order valence-electron chi connectivity index (χ0n) is 18.7. The number of amides is 1. The van der Waals surface area contributed by atoms with E-state index in [1.54, 1.807) is 42.5 Å². The van der Waals surface area contributed by atoms with Crippen LogP contribution in [-0.2, 0) is 11.4 Å². The number of carbonyl (C=O) groups excluding carboxylic acids is 1. The second kappa shape index (κ2) is 11.7. The Labute approximate surface area is 220 Å². The molecule has 3 rings (SSSR count). The fourth-order valence-corrected chi connectivity index (χ4v) is 4.02. The van der Waals surface area contributed by atoms with Crippen molar-refractivity contribution in [1.29, 1.82) is 5.26 Å². The van der Waals surface area contributed by atoms with Crippen LogP contribution in [0.5, 0.6) is 11.5 Å². The average Bonchev–Trinajstić information content (AvgIpc) is 2.83. The maximum Gasteiger partial charge on any atom is 0.269 e. The maximum absolute atomic E-state index is 12.7. The summed E-state index contributed by atoms with van der Waals surface area (Å²) in [6, 6.07) is 16.5. The number of hydrogen-bond acceptors (Lipinski definition) is 6. The number of aryl methyl sites for hydroxylation is 1. The third kappa shape index (κ3) is 6.71. The van der Waals surface area contributed by atoms with Gasteiger partial charge in [-0.25, -0.2) is 0 Å². The molecule has 0 aliphatic carbocycles. The molecule has 0 heterocycles. The predicted octanol–water partition coefficient (Wildman–Crippen LogP) is 6.29. The van der Waals surface area contributed by atoms with E-state index in [4.69, 9.17) is 21.1 Å². The van der Waals surface area contributed by atoms with E-state index >= 15 is 0 Å². The number of anilines is 1. The Kier molecular flexibility index (Phi) is 8.68. The van der Waals surface area contributed by atoms with Crippen LogP contribution in [-0.4, -0.2) is 17.9 Å². The highest BCUT2D eigenvalue weighted by Crippen LogP contribution is 2.35. The minimum atomic E-state index is -0.565. The SMILES string of the molecule is COc1cc(/C=C(\C#N)C(=O)Nc2cc(Cl)ccc2C)cc(I)c1OCc1ccc([N+](=O)[O-])cc1. The van der Waals surface area contributed by atoms with Crippen LogP contribution in [0, 0.1) is 31.9 Å². The number of halogens is 2. The van der Waals surface area contributed by atoms with E-state index in [0.29, 0.717) is 31.3 Å². The van der Waals surface area contributed by atoms with Crippen LogP contribution in [0.25, 0.3) is 6.08 Å². The fourth-order valence-electron chi connectivity index (χ4n) is 3.07. The van der Waals surface area contributed by atoms with Crippen LogP contribution in [0.2, 0.25) is 5.02 Å². The van der Waals surface area contributed by atoms with Gasteiger partial charge in [0.2, 0.25) is 0 Å². The van der Waals surface area contributed by atoms with Crippen molar-refractivity contribution in [2.24, 2.45) is 0 Å². The molecular weight excluding hydrogens is 585 g/mol. The predicted molar refractivity (Wildman–Crippen MR) is 142 cm³/mol. The minimum absolute atomic E-state index is 0.0000856. The van der Waals surface area contributed by atoms with Crippen molar-refractivity contribution < 1.29 is 19.2 Å². The monoisotopic (exact) mass is 603 g/mol. The number of nitro groups is 1. The van der Waals surface area contributed by atoms with E-state index in [1.165, 1.54) is 25.3 Å². The van der Waals surface area contributed by atoms with Gasteiger partial charge >= 0.3 is 0 Å². The second-order valence-corrected chi connectivity index (χ2v) is 8.93. The van der Waals surface area contributed by atoms with Gasteiger partial charge in [0.1, 0.15) is 18.2 Å². The number of carbonyl (C=O) groups is 1. The topological polar surface area (TPSA) is 114 Å². The van der Waals surface area contributed by atoms with Gasteiger partial charge in [-0.15, -0.1) is 0 Å². The number of methoxy groups -OCH3 is 1. The molecule has 0 aliphatic heterocycles. The largest absolute Gasteiger partial charge is 0.493 e. The molecular formula is C25H19ClIN3O5. The van der Waals surface area contributed by atoms with Crippen LogP contribution >= 0.6 is 34.2 Å². The summed E-state index contributed by atoms with van der Waals surface area (Å²) in [6.45, 7) is 1.99. The summed E-state index contributed by atoms with van der Waals surface area (Å²) in [5.41, 5.74) is 2.55. The van der Waals surface area contributed by atoms with Crippen molar-refractivity contribution >= 4 is 57.5 Å². The molecule has 35 heavy (non-hydrogen) atoms. The lowest BCUT2D eigenvalue weighted by atomic mass is 10.1. The van der Waals surface area contributed by atoms with Gasteiger partial charge in [0.25, 0.3) is 11.6 Å². The average molecular weight is 604 g/mol. The molecule has 178 valence electrons. The van der Waals surface area contributed by atoms with Crippen molar-refractivity contribution in [3.05, 3.63) is 95.6 Å². The number of nitriles is 1. The van der Waals surface area contributed by atoms with Gasteiger partial charge in [0.05, 0.1) is 15.6 Å². The number of rotatable bonds is 8. The number of nitrogens with one attached hydrogen (secondary N) is 1. The molecule has 0 saturated heterocycles. The van der Waals surface area contributed by atoms with E-state index in [9.17, 15) is 20.2 Å². The van der Waals surface area contributed by atoms with Crippen LogP contribution in [0.1, 0.15) is 16.7 Å². The van der Waals surface area contributed by atoms with Gasteiger partial charge in [0, 0.05) is 22.8 Å². The molecule has 3 aromatic rings. The zero-order valence-corrected chi connectivity index (χ0v) is 21.6. The van der Waals surface area contributed by atoms with E-state index in [0.717, 1.165) is 11.1 Å². The molecule has 0 fully saturated rings. The Hall–Kier alpha value is -3.62. The van der Waals surface area contributed by atoms with E-state index in [-0.39, 0.29) is 17.9 Å². The van der Waals surface area contributed by atoms with E-state index in [2.05, 4.69) is 27.9 Å². The Morgan fingerprint density at radius 1 is 1.23 bits per heavy atom. The Bertz CT molecular complexity index is 1350. The molecule has 0 atom stereocenters. The summed E-state index contributed by atoms with van der Waals surface area (Å²) in [5, 5.41) is 23.6. The number of nitro benzene ring substituents is 1. The summed E-state index contributed by atoms with van der Waals surface area (Å²) < 4.78 is 12.1. The molecule has 1 N–H and O–H groups in total. The van der Waals surface area contributed by atoms with Crippen LogP contribution in [0.15, 0.2) is 60.2 Å². The highest BCUT2D eigenvalue weighted by molar-refractivity contribution is 14.1. The molecule has 0 bridgehead atoms. The first-order valence-electron chi connectivity index (χ1n) is 10.1. The van der Waals surface area contributed by atoms with E-state index < -0.39 is 10.8 Å². The lowest BCUT2D eigenvalue weighted by molar-refractivity contribution is -0.384. The van der Waals surface area contributed by atoms with Crippen molar-refractivity contribution in [2.45, 2.75) is 13.5 Å². The van der Waals surface area contributed by atoms with Crippen molar-refractivity contribution in [3.63, 3.8) is 0 Å². The van der Waals surface area contributed by atoms with Crippen molar-refractivity contribution in [3.8, 4) is 17.6 Å². The van der Waals surface area contributed by atoms with Gasteiger partial charge in [-0.3, -0.25) is 14.9 Å². The number of nitrogens with zero attached hydrogens (tertiary/aromatic N) is 2. The zero-order chi connectivity index (χ0) is 25.5.